The van der Waals surface area contributed by atoms with E-state index in [0.717, 1.165) is 11.4 Å². The highest BCUT2D eigenvalue weighted by atomic mass is 35.7. The predicted octanol–water partition coefficient (Wildman–Crippen LogP) is 3.20. The molecule has 0 aliphatic carbocycles. The van der Waals surface area contributed by atoms with Gasteiger partial charge in [0.15, 0.2) is 0 Å². The lowest BCUT2D eigenvalue weighted by Gasteiger charge is -2.01. The molecule has 0 saturated carbocycles. The minimum absolute atomic E-state index is 0.324. The Labute approximate surface area is 133 Å². The molecule has 0 amide bonds. The summed E-state index contributed by atoms with van der Waals surface area (Å²) in [5.74, 6) is -0.370. The zero-order valence-electron chi connectivity index (χ0n) is 12.1. The van der Waals surface area contributed by atoms with Crippen LogP contribution >= 0.6 is 22.0 Å². The Balaban J connectivity index is 2.49. The lowest BCUT2D eigenvalue weighted by molar-refractivity contribution is 0.0531. The number of carbonyl (C=O) groups is 1. The van der Waals surface area contributed by atoms with E-state index in [0.29, 0.717) is 27.1 Å². The Hall–Kier alpha value is -1.18. The van der Waals surface area contributed by atoms with Crippen molar-refractivity contribution < 1.29 is 13.7 Å². The summed E-state index contributed by atoms with van der Waals surface area (Å²) in [6, 6.07) is 1.74. The van der Waals surface area contributed by atoms with Crippen LogP contribution in [0.5, 0.6) is 0 Å². The van der Waals surface area contributed by atoms with E-state index in [4.69, 9.17) is 15.4 Å². The number of rotatable bonds is 4. The summed E-state index contributed by atoms with van der Waals surface area (Å²) in [5.41, 5.74) is 2.21. The van der Waals surface area contributed by atoms with Gasteiger partial charge in [0.05, 0.1) is 22.9 Å². The maximum Gasteiger partial charge on any atom is 0.350 e. The summed E-state index contributed by atoms with van der Waals surface area (Å²) in [6.45, 7) is 5.69. The van der Waals surface area contributed by atoms with Crippen molar-refractivity contribution in [1.29, 1.82) is 0 Å². The van der Waals surface area contributed by atoms with E-state index >= 15 is 0 Å². The molecule has 8 heteroatoms. The van der Waals surface area contributed by atoms with E-state index in [1.54, 1.807) is 19.9 Å². The average molecular weight is 347 g/mol. The Kier molecular flexibility index (Phi) is 4.85. The third-order valence-corrected chi connectivity index (χ3v) is 5.56. The van der Waals surface area contributed by atoms with E-state index < -0.39 is 10.0 Å². The standard InChI is InChI=1S/C13H15ClN2O3S2/c1-5-19-13(17)11-7(2)15-12(20-11)9-6-10(21(14)18)8(3)16(9)4/h6H,5H2,1-4H3. The normalized spacial score (nSPS) is 12.4. The fourth-order valence-corrected chi connectivity index (χ4v) is 3.99. The largest absolute Gasteiger partial charge is 0.462 e. The summed E-state index contributed by atoms with van der Waals surface area (Å²) in [5, 5.41) is 0.675. The monoisotopic (exact) mass is 346 g/mol. The van der Waals surface area contributed by atoms with Crippen molar-refractivity contribution >= 4 is 38.0 Å². The molecule has 1 atom stereocenters. The molecule has 2 aromatic heterocycles. The van der Waals surface area contributed by atoms with Gasteiger partial charge < -0.3 is 9.30 Å². The smallest absolute Gasteiger partial charge is 0.350 e. The van der Waals surface area contributed by atoms with E-state index in [1.165, 1.54) is 11.3 Å². The van der Waals surface area contributed by atoms with Crippen LogP contribution in [0.25, 0.3) is 10.7 Å². The van der Waals surface area contributed by atoms with E-state index in [2.05, 4.69) is 4.98 Å². The molecule has 0 saturated heterocycles. The van der Waals surface area contributed by atoms with Gasteiger partial charge in [0.25, 0.3) is 0 Å². The highest BCUT2D eigenvalue weighted by Crippen LogP contribution is 2.32. The third-order valence-electron chi connectivity index (χ3n) is 3.14. The highest BCUT2D eigenvalue weighted by Gasteiger charge is 2.21. The average Bonchev–Trinajstić information content (AvgIpc) is 2.92. The lowest BCUT2D eigenvalue weighted by atomic mass is 10.4. The molecule has 2 aromatic rings. The van der Waals surface area contributed by atoms with Crippen LogP contribution in [0.3, 0.4) is 0 Å². The minimum Gasteiger partial charge on any atom is -0.462 e. The Bertz CT molecular complexity index is 721. The zero-order chi connectivity index (χ0) is 15.7. The topological polar surface area (TPSA) is 61.2 Å². The Morgan fingerprint density at radius 1 is 1.52 bits per heavy atom. The van der Waals surface area contributed by atoms with E-state index in [9.17, 15) is 9.00 Å². The molecule has 0 fully saturated rings. The summed E-state index contributed by atoms with van der Waals surface area (Å²) < 4.78 is 18.4. The fourth-order valence-electron chi connectivity index (χ4n) is 1.93. The molecule has 0 radical (unpaired) electrons. The minimum atomic E-state index is -1.58. The van der Waals surface area contributed by atoms with Gasteiger partial charge in [0.2, 0.25) is 0 Å². The van der Waals surface area contributed by atoms with Crippen LogP contribution < -0.4 is 0 Å². The number of ether oxygens (including phenoxy) is 1. The van der Waals surface area contributed by atoms with Crippen LogP contribution in [0.2, 0.25) is 0 Å². The molecule has 114 valence electrons. The lowest BCUT2D eigenvalue weighted by Crippen LogP contribution is -2.03. The summed E-state index contributed by atoms with van der Waals surface area (Å²) >= 11 is 1.26. The van der Waals surface area contributed by atoms with Crippen molar-refractivity contribution in [3.8, 4) is 10.7 Å². The van der Waals surface area contributed by atoms with Crippen molar-refractivity contribution in [2.75, 3.05) is 6.61 Å². The summed E-state index contributed by atoms with van der Waals surface area (Å²) in [6.07, 6.45) is 0. The molecule has 0 N–H and O–H groups in total. The van der Waals surface area contributed by atoms with Crippen molar-refractivity contribution in [3.63, 3.8) is 0 Å². The first-order valence-corrected chi connectivity index (χ1v) is 9.05. The van der Waals surface area contributed by atoms with E-state index in [-0.39, 0.29) is 5.97 Å². The number of carbonyl (C=O) groups excluding carboxylic acids is 1. The highest BCUT2D eigenvalue weighted by molar-refractivity contribution is 8.08. The first-order chi connectivity index (χ1) is 9.86. The van der Waals surface area contributed by atoms with Crippen molar-refractivity contribution in [3.05, 3.63) is 22.3 Å². The molecule has 2 rings (SSSR count). The zero-order valence-corrected chi connectivity index (χ0v) is 14.5. The van der Waals surface area contributed by atoms with Gasteiger partial charge in [-0.3, -0.25) is 0 Å². The van der Waals surface area contributed by atoms with Crippen molar-refractivity contribution in [1.82, 2.24) is 9.55 Å². The van der Waals surface area contributed by atoms with Gasteiger partial charge in [-0.25, -0.2) is 14.0 Å². The van der Waals surface area contributed by atoms with E-state index in [1.807, 2.05) is 18.5 Å². The molecular formula is C13H15ClN2O3S2. The molecular weight excluding hydrogens is 332 g/mol. The van der Waals surface area contributed by atoms with Gasteiger partial charge in [-0.1, -0.05) is 0 Å². The molecule has 21 heavy (non-hydrogen) atoms. The third kappa shape index (κ3) is 3.04. The number of aryl methyl sites for hydroxylation is 1. The van der Waals surface area contributed by atoms with Crippen LogP contribution in [-0.2, 0) is 21.8 Å². The predicted molar refractivity (Wildman–Crippen MR) is 84.2 cm³/mol. The van der Waals surface area contributed by atoms with Gasteiger partial charge in [-0.2, -0.15) is 0 Å². The first kappa shape index (κ1) is 16.2. The number of thiazole rings is 1. The Morgan fingerprint density at radius 2 is 2.19 bits per heavy atom. The molecule has 0 aliphatic heterocycles. The summed E-state index contributed by atoms with van der Waals surface area (Å²) in [4.78, 5) is 17.3. The second-order valence-electron chi connectivity index (χ2n) is 4.42. The van der Waals surface area contributed by atoms with Gasteiger partial charge in [-0.15, -0.1) is 11.3 Å². The van der Waals surface area contributed by atoms with Crippen LogP contribution in [0.15, 0.2) is 11.0 Å². The SMILES string of the molecule is CCOC(=O)c1sc(-c2cc(S(=O)Cl)c(C)n2C)nc1C. The Morgan fingerprint density at radius 3 is 2.71 bits per heavy atom. The molecule has 0 spiro atoms. The van der Waals surface area contributed by atoms with Crippen LogP contribution in [0.4, 0.5) is 0 Å². The van der Waals surface area contributed by atoms with Gasteiger partial charge in [0.1, 0.15) is 19.9 Å². The molecule has 1 unspecified atom stereocenters. The summed E-state index contributed by atoms with van der Waals surface area (Å²) in [7, 11) is 5.95. The maximum atomic E-state index is 11.8. The number of esters is 1. The van der Waals surface area contributed by atoms with Crippen LogP contribution in [-0.4, -0.2) is 26.3 Å². The van der Waals surface area contributed by atoms with Crippen molar-refractivity contribution in [2.45, 2.75) is 25.7 Å². The number of hydrogen-bond donors (Lipinski definition) is 0. The number of hydrogen-bond acceptors (Lipinski definition) is 5. The van der Waals surface area contributed by atoms with Gasteiger partial charge >= 0.3 is 5.97 Å². The number of nitrogens with zero attached hydrogens (tertiary/aromatic N) is 2. The second-order valence-corrected chi connectivity index (χ2v) is 7.14. The maximum absolute atomic E-state index is 11.8. The number of halogens is 1. The van der Waals surface area contributed by atoms with Gasteiger partial charge in [0, 0.05) is 12.7 Å². The molecule has 0 aliphatic rings. The van der Waals surface area contributed by atoms with Crippen LogP contribution in [0, 0.1) is 13.8 Å². The fraction of sp³-hybridized carbons (Fsp3) is 0.385. The molecule has 5 nitrogen and oxygen atoms in total. The van der Waals surface area contributed by atoms with Crippen LogP contribution in [0.1, 0.15) is 28.0 Å². The quantitative estimate of drug-likeness (QED) is 0.630. The number of aromatic nitrogens is 2. The second kappa shape index (κ2) is 6.29. The van der Waals surface area contributed by atoms with Crippen molar-refractivity contribution in [2.24, 2.45) is 7.05 Å². The first-order valence-electron chi connectivity index (χ1n) is 6.26. The molecule has 2 heterocycles. The molecule has 0 aromatic carbocycles. The molecule has 0 bridgehead atoms. The van der Waals surface area contributed by atoms with Gasteiger partial charge in [-0.05, 0) is 37.5 Å².